The standard InChI is InChI=1S/C28H30ClN3O4/c1-28(35)11-14-32(18-28)27(34)25-16-23(26(33)31-12-3-2-4-13-31)22-15-21(9-10-24(22)30-25)36-17-19-5-7-20(29)8-6-19/h5-10,15-16,35H,2-4,11-14,17-18H2,1H3. The van der Waals surface area contributed by atoms with E-state index in [9.17, 15) is 14.7 Å². The lowest BCUT2D eigenvalue weighted by Crippen LogP contribution is -2.36. The number of carbonyl (C=O) groups excluding carboxylic acids is 2. The van der Waals surface area contributed by atoms with E-state index >= 15 is 0 Å². The number of rotatable bonds is 5. The number of amides is 2. The van der Waals surface area contributed by atoms with Crippen LogP contribution in [0.3, 0.4) is 0 Å². The Bertz CT molecular complexity index is 1290. The molecule has 2 aromatic carbocycles. The minimum atomic E-state index is -0.907. The van der Waals surface area contributed by atoms with Crippen molar-refractivity contribution in [3.8, 4) is 5.75 Å². The first kappa shape index (κ1) is 24.5. The van der Waals surface area contributed by atoms with E-state index in [1.165, 1.54) is 0 Å². The SMILES string of the molecule is CC1(O)CCN(C(=O)c2cc(C(=O)N3CCCCC3)c3cc(OCc4ccc(Cl)cc4)ccc3n2)C1. The molecule has 1 unspecified atom stereocenters. The van der Waals surface area contributed by atoms with Crippen molar-refractivity contribution in [2.24, 2.45) is 0 Å². The summed E-state index contributed by atoms with van der Waals surface area (Å²) in [6.45, 7) is 4.19. The maximum absolute atomic E-state index is 13.6. The molecular weight excluding hydrogens is 478 g/mol. The third-order valence-corrected chi connectivity index (χ3v) is 7.18. The van der Waals surface area contributed by atoms with Gasteiger partial charge in [-0.05, 0) is 74.6 Å². The van der Waals surface area contributed by atoms with E-state index in [0.29, 0.717) is 59.9 Å². The van der Waals surface area contributed by atoms with Crippen molar-refractivity contribution >= 4 is 34.3 Å². The summed E-state index contributed by atoms with van der Waals surface area (Å²) in [6.07, 6.45) is 3.57. The zero-order valence-electron chi connectivity index (χ0n) is 20.4. The molecule has 7 nitrogen and oxygen atoms in total. The number of nitrogens with zero attached hydrogens (tertiary/aromatic N) is 3. The lowest BCUT2D eigenvalue weighted by Gasteiger charge is -2.27. The molecule has 2 saturated heterocycles. The molecule has 1 N–H and O–H groups in total. The molecule has 0 bridgehead atoms. The van der Waals surface area contributed by atoms with E-state index in [4.69, 9.17) is 16.3 Å². The van der Waals surface area contributed by atoms with Crippen molar-refractivity contribution < 1.29 is 19.4 Å². The molecule has 1 atom stereocenters. The fraction of sp³-hybridized carbons (Fsp3) is 0.393. The summed E-state index contributed by atoms with van der Waals surface area (Å²) in [5.74, 6) is 0.242. The highest BCUT2D eigenvalue weighted by Gasteiger charge is 2.35. The monoisotopic (exact) mass is 507 g/mol. The molecule has 0 spiro atoms. The maximum atomic E-state index is 13.6. The quantitative estimate of drug-likeness (QED) is 0.541. The van der Waals surface area contributed by atoms with Gasteiger partial charge in [-0.3, -0.25) is 9.59 Å². The summed E-state index contributed by atoms with van der Waals surface area (Å²) < 4.78 is 6.00. The van der Waals surface area contributed by atoms with Crippen LogP contribution in [-0.4, -0.2) is 63.5 Å². The van der Waals surface area contributed by atoms with Gasteiger partial charge in [0, 0.05) is 36.6 Å². The molecule has 3 heterocycles. The molecule has 5 rings (SSSR count). The van der Waals surface area contributed by atoms with Gasteiger partial charge >= 0.3 is 0 Å². The van der Waals surface area contributed by atoms with E-state index < -0.39 is 5.60 Å². The van der Waals surface area contributed by atoms with E-state index in [0.717, 1.165) is 24.8 Å². The van der Waals surface area contributed by atoms with Crippen LogP contribution in [0.1, 0.15) is 59.0 Å². The highest BCUT2D eigenvalue weighted by atomic mass is 35.5. The topological polar surface area (TPSA) is 83.0 Å². The van der Waals surface area contributed by atoms with Gasteiger partial charge in [0.05, 0.1) is 16.7 Å². The second-order valence-electron chi connectivity index (χ2n) is 9.98. The Hall–Kier alpha value is -3.16. The smallest absolute Gasteiger partial charge is 0.272 e. The van der Waals surface area contributed by atoms with Gasteiger partial charge in [-0.15, -0.1) is 0 Å². The molecule has 0 aliphatic carbocycles. The van der Waals surface area contributed by atoms with E-state index in [-0.39, 0.29) is 24.1 Å². The first-order valence-corrected chi connectivity index (χ1v) is 12.8. The molecule has 2 aliphatic heterocycles. The van der Waals surface area contributed by atoms with Gasteiger partial charge in [0.2, 0.25) is 0 Å². The number of benzene rings is 2. The van der Waals surface area contributed by atoms with Crippen LogP contribution in [0.5, 0.6) is 5.75 Å². The summed E-state index contributed by atoms with van der Waals surface area (Å²) in [4.78, 5) is 35.0. The molecule has 0 saturated carbocycles. The minimum absolute atomic E-state index is 0.0978. The van der Waals surface area contributed by atoms with Crippen molar-refractivity contribution in [1.82, 2.24) is 14.8 Å². The second kappa shape index (κ2) is 10.1. The third kappa shape index (κ3) is 5.32. The average molecular weight is 508 g/mol. The van der Waals surface area contributed by atoms with E-state index in [1.807, 2.05) is 35.2 Å². The Morgan fingerprint density at radius 3 is 2.44 bits per heavy atom. The number of carbonyl (C=O) groups is 2. The number of aliphatic hydroxyl groups is 1. The normalized spacial score (nSPS) is 20.1. The Labute approximate surface area is 215 Å². The van der Waals surface area contributed by atoms with Crippen LogP contribution in [0.25, 0.3) is 10.9 Å². The van der Waals surface area contributed by atoms with Crippen LogP contribution in [-0.2, 0) is 6.61 Å². The molecule has 2 fully saturated rings. The molecule has 1 aromatic heterocycles. The first-order valence-electron chi connectivity index (χ1n) is 12.4. The maximum Gasteiger partial charge on any atom is 0.272 e. The molecular formula is C28H30ClN3O4. The van der Waals surface area contributed by atoms with Crippen LogP contribution in [0.2, 0.25) is 5.02 Å². The van der Waals surface area contributed by atoms with Crippen LogP contribution in [0, 0.1) is 0 Å². The molecule has 188 valence electrons. The van der Waals surface area contributed by atoms with Gasteiger partial charge in [-0.25, -0.2) is 4.98 Å². The molecule has 2 aliphatic rings. The van der Waals surface area contributed by atoms with Gasteiger partial charge in [-0.1, -0.05) is 23.7 Å². The van der Waals surface area contributed by atoms with Crippen molar-refractivity contribution in [3.63, 3.8) is 0 Å². The third-order valence-electron chi connectivity index (χ3n) is 6.93. The molecule has 36 heavy (non-hydrogen) atoms. The van der Waals surface area contributed by atoms with Gasteiger partial charge < -0.3 is 19.6 Å². The number of hydrogen-bond donors (Lipinski definition) is 1. The second-order valence-corrected chi connectivity index (χ2v) is 10.4. The number of aromatic nitrogens is 1. The highest BCUT2D eigenvalue weighted by Crippen LogP contribution is 2.28. The fourth-order valence-electron chi connectivity index (χ4n) is 4.88. The van der Waals surface area contributed by atoms with Gasteiger partial charge in [0.25, 0.3) is 11.8 Å². The number of pyridine rings is 1. The Balaban J connectivity index is 1.48. The van der Waals surface area contributed by atoms with E-state index in [2.05, 4.69) is 4.98 Å². The molecule has 2 amide bonds. The van der Waals surface area contributed by atoms with Crippen LogP contribution in [0.4, 0.5) is 0 Å². The van der Waals surface area contributed by atoms with Crippen LogP contribution in [0.15, 0.2) is 48.5 Å². The summed E-state index contributed by atoms with van der Waals surface area (Å²) >= 11 is 5.97. The zero-order valence-corrected chi connectivity index (χ0v) is 21.1. The van der Waals surface area contributed by atoms with Gasteiger partial charge in [0.1, 0.15) is 18.1 Å². The minimum Gasteiger partial charge on any atom is -0.489 e. The van der Waals surface area contributed by atoms with Gasteiger partial charge in [-0.2, -0.15) is 0 Å². The zero-order chi connectivity index (χ0) is 25.3. The number of hydrogen-bond acceptors (Lipinski definition) is 5. The first-order chi connectivity index (χ1) is 17.3. The summed E-state index contributed by atoms with van der Waals surface area (Å²) in [5, 5.41) is 11.6. The number of halogens is 1. The predicted molar refractivity (Wildman–Crippen MR) is 138 cm³/mol. The number of ether oxygens (including phenoxy) is 1. The number of β-amino-alcohol motifs (C(OH)–C–C–N with tert-alkyl or cyclic N) is 1. The van der Waals surface area contributed by atoms with E-state index in [1.54, 1.807) is 30.0 Å². The van der Waals surface area contributed by atoms with Gasteiger partial charge in [0.15, 0.2) is 0 Å². The van der Waals surface area contributed by atoms with Crippen LogP contribution < -0.4 is 4.74 Å². The average Bonchev–Trinajstić information content (AvgIpc) is 3.26. The van der Waals surface area contributed by atoms with Crippen molar-refractivity contribution in [3.05, 3.63) is 70.4 Å². The Morgan fingerprint density at radius 2 is 1.75 bits per heavy atom. The summed E-state index contributed by atoms with van der Waals surface area (Å²) in [7, 11) is 0. The number of fused-ring (bicyclic) bond motifs is 1. The fourth-order valence-corrected chi connectivity index (χ4v) is 5.00. The molecule has 3 aromatic rings. The van der Waals surface area contributed by atoms with Crippen molar-refractivity contribution in [2.45, 2.75) is 44.8 Å². The Kier molecular flexibility index (Phi) is 6.86. The lowest BCUT2D eigenvalue weighted by atomic mass is 10.0. The Morgan fingerprint density at radius 1 is 1.00 bits per heavy atom. The van der Waals surface area contributed by atoms with Crippen molar-refractivity contribution in [2.75, 3.05) is 26.2 Å². The molecule has 0 radical (unpaired) electrons. The lowest BCUT2D eigenvalue weighted by molar-refractivity contribution is 0.0569. The summed E-state index contributed by atoms with van der Waals surface area (Å²) in [5.41, 5.74) is 1.30. The largest absolute Gasteiger partial charge is 0.489 e. The van der Waals surface area contributed by atoms with Crippen molar-refractivity contribution in [1.29, 1.82) is 0 Å². The molecule has 8 heteroatoms. The van der Waals surface area contributed by atoms with Crippen LogP contribution >= 0.6 is 11.6 Å². The predicted octanol–water partition coefficient (Wildman–Crippen LogP) is 4.69. The summed E-state index contributed by atoms with van der Waals surface area (Å²) in [6, 6.07) is 14.5. The number of likely N-dealkylation sites (tertiary alicyclic amines) is 2. The number of piperidine rings is 1. The highest BCUT2D eigenvalue weighted by molar-refractivity contribution is 6.30.